The second kappa shape index (κ2) is 6.86. The Morgan fingerprint density at radius 3 is 2.75 bits per heavy atom. The van der Waals surface area contributed by atoms with Crippen LogP contribution in [0.15, 0.2) is 30.3 Å². The molecule has 0 fully saturated rings. The topological polar surface area (TPSA) is 73.2 Å². The Labute approximate surface area is 140 Å². The molecule has 1 aromatic heterocycles. The van der Waals surface area contributed by atoms with E-state index in [2.05, 4.69) is 14.9 Å². The number of nitrogens with one attached hydrogen (secondary N) is 1. The van der Waals surface area contributed by atoms with Crippen LogP contribution in [-0.2, 0) is 22.5 Å². The fourth-order valence-corrected chi connectivity index (χ4v) is 2.92. The molecule has 126 valence electrons. The van der Waals surface area contributed by atoms with Crippen molar-refractivity contribution < 1.29 is 14.3 Å². The second-order valence-corrected chi connectivity index (χ2v) is 5.97. The highest BCUT2D eigenvalue weighted by atomic mass is 16.5. The van der Waals surface area contributed by atoms with Gasteiger partial charge >= 0.3 is 5.97 Å². The lowest BCUT2D eigenvalue weighted by Gasteiger charge is -2.17. The number of fused-ring (bicyclic) bond motifs is 1. The van der Waals surface area contributed by atoms with Gasteiger partial charge in [-0.15, -0.1) is 0 Å². The van der Waals surface area contributed by atoms with Crippen molar-refractivity contribution in [2.75, 3.05) is 5.32 Å². The molecule has 24 heavy (non-hydrogen) atoms. The fraction of sp³-hybridized carbons (Fsp3) is 0.389. The minimum Gasteiger partial charge on any atom is -0.448 e. The van der Waals surface area contributed by atoms with Crippen LogP contribution in [0, 0.1) is 6.92 Å². The number of esters is 1. The van der Waals surface area contributed by atoms with Gasteiger partial charge in [-0.3, -0.25) is 4.79 Å². The standard InChI is InChI=1S/C18H21N3O3/c1-12(17(22)20-14-8-4-3-5-9-14)24-18(23)16-15-10-6-7-11-21(15)13(2)19-16/h3-5,8-9,12H,6-7,10-11H2,1-2H3,(H,20,22)/t12-/m0/s1. The molecule has 1 amide bonds. The number of carbonyl (C=O) groups is 2. The van der Waals surface area contributed by atoms with E-state index in [1.54, 1.807) is 19.1 Å². The van der Waals surface area contributed by atoms with Gasteiger partial charge < -0.3 is 14.6 Å². The predicted molar refractivity (Wildman–Crippen MR) is 89.9 cm³/mol. The van der Waals surface area contributed by atoms with Gasteiger partial charge in [0.2, 0.25) is 0 Å². The SMILES string of the molecule is Cc1nc(C(=O)O[C@@H](C)C(=O)Nc2ccccc2)c2n1CCCC2. The lowest BCUT2D eigenvalue weighted by Crippen LogP contribution is -2.30. The number of para-hydroxylation sites is 1. The summed E-state index contributed by atoms with van der Waals surface area (Å²) >= 11 is 0. The monoisotopic (exact) mass is 327 g/mol. The van der Waals surface area contributed by atoms with Gasteiger partial charge in [0.15, 0.2) is 11.8 Å². The molecule has 6 heteroatoms. The zero-order valence-corrected chi connectivity index (χ0v) is 13.9. The minimum absolute atomic E-state index is 0.339. The summed E-state index contributed by atoms with van der Waals surface area (Å²) in [5.41, 5.74) is 1.92. The summed E-state index contributed by atoms with van der Waals surface area (Å²) in [7, 11) is 0. The first-order chi connectivity index (χ1) is 11.6. The Balaban J connectivity index is 1.67. The van der Waals surface area contributed by atoms with Gasteiger partial charge in [-0.05, 0) is 45.2 Å². The minimum atomic E-state index is -0.890. The predicted octanol–water partition coefficient (Wildman–Crippen LogP) is 2.71. The average molecular weight is 327 g/mol. The molecule has 2 aromatic rings. The van der Waals surface area contributed by atoms with Crippen LogP contribution in [0.1, 0.15) is 41.8 Å². The van der Waals surface area contributed by atoms with Crippen molar-refractivity contribution in [3.8, 4) is 0 Å². The molecular weight excluding hydrogens is 306 g/mol. The lowest BCUT2D eigenvalue weighted by atomic mass is 10.1. The van der Waals surface area contributed by atoms with Crippen LogP contribution >= 0.6 is 0 Å². The van der Waals surface area contributed by atoms with Crippen LogP contribution in [0.3, 0.4) is 0 Å². The number of benzene rings is 1. The van der Waals surface area contributed by atoms with E-state index in [0.29, 0.717) is 11.4 Å². The van der Waals surface area contributed by atoms with Gasteiger partial charge in [-0.25, -0.2) is 9.78 Å². The highest BCUT2D eigenvalue weighted by Crippen LogP contribution is 2.21. The molecule has 2 heterocycles. The smallest absolute Gasteiger partial charge is 0.359 e. The van der Waals surface area contributed by atoms with Crippen molar-refractivity contribution in [3.63, 3.8) is 0 Å². The molecule has 1 atom stereocenters. The van der Waals surface area contributed by atoms with Gasteiger partial charge in [0.05, 0.1) is 5.69 Å². The van der Waals surface area contributed by atoms with Gasteiger partial charge in [0.25, 0.3) is 5.91 Å². The van der Waals surface area contributed by atoms with Crippen molar-refractivity contribution >= 4 is 17.6 Å². The highest BCUT2D eigenvalue weighted by molar-refractivity contribution is 5.97. The second-order valence-electron chi connectivity index (χ2n) is 5.97. The Morgan fingerprint density at radius 2 is 2.00 bits per heavy atom. The normalized spacial score (nSPS) is 14.6. The number of ether oxygens (including phenoxy) is 1. The van der Waals surface area contributed by atoms with Crippen LogP contribution in [0.4, 0.5) is 5.69 Å². The molecule has 1 aliphatic heterocycles. The molecule has 1 N–H and O–H groups in total. The Kier molecular flexibility index (Phi) is 4.64. The Morgan fingerprint density at radius 1 is 1.25 bits per heavy atom. The molecule has 0 aliphatic carbocycles. The number of aromatic nitrogens is 2. The van der Waals surface area contributed by atoms with Gasteiger partial charge in [-0.1, -0.05) is 18.2 Å². The number of aryl methyl sites for hydroxylation is 1. The van der Waals surface area contributed by atoms with Crippen molar-refractivity contribution in [2.45, 2.75) is 45.8 Å². The van der Waals surface area contributed by atoms with E-state index in [1.165, 1.54) is 0 Å². The summed E-state index contributed by atoms with van der Waals surface area (Å²) in [5, 5.41) is 2.72. The molecule has 0 spiro atoms. The van der Waals surface area contributed by atoms with Crippen molar-refractivity contribution in [1.82, 2.24) is 9.55 Å². The number of amides is 1. The molecule has 0 saturated heterocycles. The molecule has 0 saturated carbocycles. The lowest BCUT2D eigenvalue weighted by molar-refractivity contribution is -0.123. The highest BCUT2D eigenvalue weighted by Gasteiger charge is 2.26. The summed E-state index contributed by atoms with van der Waals surface area (Å²) in [6.07, 6.45) is 2.05. The first-order valence-corrected chi connectivity index (χ1v) is 8.19. The van der Waals surface area contributed by atoms with Crippen molar-refractivity contribution in [2.24, 2.45) is 0 Å². The van der Waals surface area contributed by atoms with Crippen LogP contribution in [0.5, 0.6) is 0 Å². The summed E-state index contributed by atoms with van der Waals surface area (Å²) in [5.74, 6) is -0.0816. The van der Waals surface area contributed by atoms with E-state index in [-0.39, 0.29) is 5.91 Å². The van der Waals surface area contributed by atoms with Crippen LogP contribution in [-0.4, -0.2) is 27.5 Å². The van der Waals surface area contributed by atoms with Crippen molar-refractivity contribution in [1.29, 1.82) is 0 Å². The number of imidazole rings is 1. The molecule has 1 aromatic carbocycles. The summed E-state index contributed by atoms with van der Waals surface area (Å²) in [4.78, 5) is 28.9. The molecule has 0 unspecified atom stereocenters. The summed E-state index contributed by atoms with van der Waals surface area (Å²) in [6, 6.07) is 9.07. The molecular formula is C18H21N3O3. The number of hydrogen-bond acceptors (Lipinski definition) is 4. The number of nitrogens with zero attached hydrogens (tertiary/aromatic N) is 2. The maximum atomic E-state index is 12.4. The zero-order chi connectivity index (χ0) is 17.1. The van der Waals surface area contributed by atoms with E-state index in [1.807, 2.05) is 25.1 Å². The van der Waals surface area contributed by atoms with Crippen molar-refractivity contribution in [3.05, 3.63) is 47.5 Å². The van der Waals surface area contributed by atoms with E-state index in [0.717, 1.165) is 37.3 Å². The number of anilines is 1. The van der Waals surface area contributed by atoms with E-state index < -0.39 is 12.1 Å². The van der Waals surface area contributed by atoms with Crippen LogP contribution in [0.2, 0.25) is 0 Å². The van der Waals surface area contributed by atoms with Crippen LogP contribution in [0.25, 0.3) is 0 Å². The summed E-state index contributed by atoms with van der Waals surface area (Å²) < 4.78 is 7.39. The Hall–Kier alpha value is -2.63. The molecule has 0 bridgehead atoms. The maximum Gasteiger partial charge on any atom is 0.359 e. The van der Waals surface area contributed by atoms with Gasteiger partial charge in [0.1, 0.15) is 5.82 Å². The maximum absolute atomic E-state index is 12.4. The largest absolute Gasteiger partial charge is 0.448 e. The number of carbonyl (C=O) groups excluding carboxylic acids is 2. The third-order valence-electron chi connectivity index (χ3n) is 4.20. The number of hydrogen-bond donors (Lipinski definition) is 1. The zero-order valence-electron chi connectivity index (χ0n) is 13.9. The molecule has 3 rings (SSSR count). The van der Waals surface area contributed by atoms with Crippen LogP contribution < -0.4 is 5.32 Å². The summed E-state index contributed by atoms with van der Waals surface area (Å²) in [6.45, 7) is 4.33. The third-order valence-corrected chi connectivity index (χ3v) is 4.20. The molecule has 1 aliphatic rings. The van der Waals surface area contributed by atoms with E-state index >= 15 is 0 Å². The first-order valence-electron chi connectivity index (χ1n) is 8.19. The first kappa shape index (κ1) is 16.2. The third kappa shape index (κ3) is 3.32. The van der Waals surface area contributed by atoms with E-state index in [4.69, 9.17) is 4.74 Å². The molecule has 0 radical (unpaired) electrons. The van der Waals surface area contributed by atoms with Gasteiger partial charge in [0, 0.05) is 12.2 Å². The average Bonchev–Trinajstić information content (AvgIpc) is 2.93. The number of rotatable bonds is 4. The fourth-order valence-electron chi connectivity index (χ4n) is 2.92. The Bertz CT molecular complexity index is 752. The van der Waals surface area contributed by atoms with Gasteiger partial charge in [-0.2, -0.15) is 0 Å². The van der Waals surface area contributed by atoms with E-state index in [9.17, 15) is 9.59 Å². The molecule has 6 nitrogen and oxygen atoms in total. The quantitative estimate of drug-likeness (QED) is 0.876.